The molecule has 4 N–H and O–H groups in total. The van der Waals surface area contributed by atoms with Crippen molar-refractivity contribution in [1.82, 2.24) is 15.5 Å². The van der Waals surface area contributed by atoms with Crippen LogP contribution in [0.3, 0.4) is 0 Å². The van der Waals surface area contributed by atoms with Crippen molar-refractivity contribution >= 4 is 30.3 Å². The van der Waals surface area contributed by atoms with E-state index in [-0.39, 0.29) is 42.1 Å². The Hall–Kier alpha value is -1.34. The fraction of sp³-hybridized carbons (Fsp3) is 0.842. The lowest BCUT2D eigenvalue weighted by Gasteiger charge is -2.42. The SMILES string of the molecule is CCC(C)(C)C1CCC2(CC1)NC(=O)N(CC(=O)NCC(C)CN)C2=O.Cl. The summed E-state index contributed by atoms with van der Waals surface area (Å²) in [6.07, 6.45) is 4.22. The van der Waals surface area contributed by atoms with Gasteiger partial charge in [-0.1, -0.05) is 34.1 Å². The number of halogens is 1. The molecule has 27 heavy (non-hydrogen) atoms. The van der Waals surface area contributed by atoms with Crippen LogP contribution >= 0.6 is 12.4 Å². The molecule has 1 heterocycles. The average Bonchev–Trinajstić information content (AvgIpc) is 2.84. The van der Waals surface area contributed by atoms with E-state index in [2.05, 4.69) is 31.4 Å². The third kappa shape index (κ3) is 5.13. The Morgan fingerprint density at radius 2 is 1.96 bits per heavy atom. The minimum atomic E-state index is -0.817. The van der Waals surface area contributed by atoms with Crippen LogP contribution in [0.4, 0.5) is 4.79 Å². The summed E-state index contributed by atoms with van der Waals surface area (Å²) in [7, 11) is 0. The maximum atomic E-state index is 12.9. The van der Waals surface area contributed by atoms with Crippen LogP contribution in [-0.2, 0) is 9.59 Å². The summed E-state index contributed by atoms with van der Waals surface area (Å²) in [6, 6.07) is -0.453. The third-order valence-electron chi connectivity index (χ3n) is 6.45. The molecule has 0 aromatic rings. The standard InChI is InChI=1S/C19H34N4O3.ClH/c1-5-18(3,4)14-6-8-19(9-7-14)16(25)23(17(26)22-19)12-15(24)21-11-13(2)10-20;/h13-14H,5-12,20H2,1-4H3,(H,21,24)(H,22,26);1H. The smallest absolute Gasteiger partial charge is 0.325 e. The van der Waals surface area contributed by atoms with Gasteiger partial charge in [0, 0.05) is 6.54 Å². The van der Waals surface area contributed by atoms with Gasteiger partial charge in [0.2, 0.25) is 5.91 Å². The predicted molar refractivity (Wildman–Crippen MR) is 107 cm³/mol. The number of carbonyl (C=O) groups excluding carboxylic acids is 3. The van der Waals surface area contributed by atoms with E-state index < -0.39 is 11.6 Å². The Balaban J connectivity index is 0.00000364. The molecule has 1 saturated heterocycles. The molecule has 0 radical (unpaired) electrons. The molecule has 0 aromatic carbocycles. The lowest BCUT2D eigenvalue weighted by Crippen LogP contribution is -2.51. The zero-order valence-electron chi connectivity index (χ0n) is 17.0. The van der Waals surface area contributed by atoms with E-state index in [1.807, 2.05) is 6.92 Å². The molecule has 1 aliphatic heterocycles. The Bertz CT molecular complexity index is 559. The second kappa shape index (κ2) is 9.24. The van der Waals surface area contributed by atoms with Crippen LogP contribution in [0.15, 0.2) is 0 Å². The Morgan fingerprint density at radius 1 is 1.37 bits per heavy atom. The second-order valence-electron chi connectivity index (χ2n) is 8.66. The molecule has 1 unspecified atom stereocenters. The van der Waals surface area contributed by atoms with Crippen LogP contribution in [0.1, 0.15) is 59.8 Å². The number of carbonyl (C=O) groups is 3. The molecule has 156 valence electrons. The molecule has 2 rings (SSSR count). The number of urea groups is 1. The predicted octanol–water partition coefficient (Wildman–Crippen LogP) is 2.04. The Kier molecular flexibility index (Phi) is 8.11. The minimum Gasteiger partial charge on any atom is -0.354 e. The van der Waals surface area contributed by atoms with Gasteiger partial charge in [0.15, 0.2) is 0 Å². The summed E-state index contributed by atoms with van der Waals surface area (Å²) in [5.41, 5.74) is 4.96. The van der Waals surface area contributed by atoms with E-state index in [4.69, 9.17) is 5.73 Å². The maximum Gasteiger partial charge on any atom is 0.325 e. The van der Waals surface area contributed by atoms with Crippen molar-refractivity contribution in [3.8, 4) is 0 Å². The molecule has 2 aliphatic rings. The second-order valence-corrected chi connectivity index (χ2v) is 8.66. The van der Waals surface area contributed by atoms with E-state index >= 15 is 0 Å². The summed E-state index contributed by atoms with van der Waals surface area (Å²) in [5.74, 6) is 0.132. The number of hydrogen-bond donors (Lipinski definition) is 3. The zero-order chi connectivity index (χ0) is 19.5. The molecular formula is C19H35ClN4O3. The van der Waals surface area contributed by atoms with Gasteiger partial charge in [-0.05, 0) is 49.5 Å². The molecule has 7 nitrogen and oxygen atoms in total. The first-order valence-corrected chi connectivity index (χ1v) is 9.76. The van der Waals surface area contributed by atoms with Gasteiger partial charge >= 0.3 is 6.03 Å². The van der Waals surface area contributed by atoms with E-state index in [1.54, 1.807) is 0 Å². The van der Waals surface area contributed by atoms with E-state index in [0.717, 1.165) is 24.2 Å². The van der Waals surface area contributed by atoms with Crippen LogP contribution < -0.4 is 16.4 Å². The van der Waals surface area contributed by atoms with Gasteiger partial charge in [0.25, 0.3) is 5.91 Å². The number of nitrogens with two attached hydrogens (primary N) is 1. The first kappa shape index (κ1) is 23.7. The topological polar surface area (TPSA) is 105 Å². The number of imide groups is 1. The van der Waals surface area contributed by atoms with Crippen molar-refractivity contribution in [2.24, 2.45) is 23.0 Å². The lowest BCUT2D eigenvalue weighted by molar-refractivity contribution is -0.136. The van der Waals surface area contributed by atoms with Gasteiger partial charge in [-0.2, -0.15) is 0 Å². The summed E-state index contributed by atoms with van der Waals surface area (Å²) in [4.78, 5) is 38.3. The van der Waals surface area contributed by atoms with Crippen LogP contribution in [0.2, 0.25) is 0 Å². The largest absolute Gasteiger partial charge is 0.354 e. The van der Waals surface area contributed by atoms with Crippen molar-refractivity contribution in [3.05, 3.63) is 0 Å². The summed E-state index contributed by atoms with van der Waals surface area (Å²) in [5, 5.41) is 5.61. The van der Waals surface area contributed by atoms with Crippen LogP contribution in [0.5, 0.6) is 0 Å². The molecule has 1 atom stereocenters. The summed E-state index contributed by atoms with van der Waals surface area (Å²) in [6.45, 7) is 9.35. The quantitative estimate of drug-likeness (QED) is 0.566. The highest BCUT2D eigenvalue weighted by molar-refractivity contribution is 6.09. The number of hydrogen-bond acceptors (Lipinski definition) is 4. The van der Waals surface area contributed by atoms with Crippen molar-refractivity contribution in [1.29, 1.82) is 0 Å². The molecule has 0 bridgehead atoms. The number of nitrogens with zero attached hydrogens (tertiary/aromatic N) is 1. The van der Waals surface area contributed by atoms with Gasteiger partial charge in [0.05, 0.1) is 0 Å². The van der Waals surface area contributed by atoms with Gasteiger partial charge < -0.3 is 16.4 Å². The molecule has 0 aromatic heterocycles. The number of rotatable bonds is 7. The molecule has 1 aliphatic carbocycles. The first-order chi connectivity index (χ1) is 12.1. The normalized spacial score (nSPS) is 26.6. The highest BCUT2D eigenvalue weighted by Crippen LogP contribution is 2.45. The van der Waals surface area contributed by atoms with Gasteiger partial charge in [-0.15, -0.1) is 12.4 Å². The van der Waals surface area contributed by atoms with E-state index in [1.165, 1.54) is 0 Å². The highest BCUT2D eigenvalue weighted by atomic mass is 35.5. The minimum absolute atomic E-state index is 0. The number of nitrogens with one attached hydrogen (secondary N) is 2. The van der Waals surface area contributed by atoms with Crippen LogP contribution in [-0.4, -0.2) is 47.9 Å². The third-order valence-corrected chi connectivity index (χ3v) is 6.45. The van der Waals surface area contributed by atoms with E-state index in [0.29, 0.717) is 31.8 Å². The molecule has 1 saturated carbocycles. The zero-order valence-corrected chi connectivity index (χ0v) is 17.8. The molecule has 4 amide bonds. The van der Waals surface area contributed by atoms with Crippen LogP contribution in [0, 0.1) is 17.3 Å². The van der Waals surface area contributed by atoms with Crippen molar-refractivity contribution < 1.29 is 14.4 Å². The van der Waals surface area contributed by atoms with Crippen molar-refractivity contribution in [3.63, 3.8) is 0 Å². The summed E-state index contributed by atoms with van der Waals surface area (Å²) >= 11 is 0. The maximum absolute atomic E-state index is 12.9. The van der Waals surface area contributed by atoms with Crippen molar-refractivity contribution in [2.45, 2.75) is 65.3 Å². The van der Waals surface area contributed by atoms with Gasteiger partial charge in [-0.25, -0.2) is 4.79 Å². The van der Waals surface area contributed by atoms with Crippen LogP contribution in [0.25, 0.3) is 0 Å². The molecule has 1 spiro atoms. The van der Waals surface area contributed by atoms with Crippen molar-refractivity contribution in [2.75, 3.05) is 19.6 Å². The fourth-order valence-electron chi connectivity index (χ4n) is 3.91. The number of amides is 4. The Labute approximate surface area is 168 Å². The van der Waals surface area contributed by atoms with Gasteiger partial charge in [-0.3, -0.25) is 14.5 Å². The fourth-order valence-corrected chi connectivity index (χ4v) is 3.91. The highest BCUT2D eigenvalue weighted by Gasteiger charge is 2.53. The monoisotopic (exact) mass is 402 g/mol. The molecule has 2 fully saturated rings. The lowest BCUT2D eigenvalue weighted by atomic mass is 9.65. The summed E-state index contributed by atoms with van der Waals surface area (Å²) < 4.78 is 0. The first-order valence-electron chi connectivity index (χ1n) is 9.76. The Morgan fingerprint density at radius 3 is 2.48 bits per heavy atom. The van der Waals surface area contributed by atoms with E-state index in [9.17, 15) is 14.4 Å². The average molecular weight is 403 g/mol. The molecule has 8 heteroatoms. The van der Waals surface area contributed by atoms with Gasteiger partial charge in [0.1, 0.15) is 12.1 Å². The molecular weight excluding hydrogens is 368 g/mol.